The lowest BCUT2D eigenvalue weighted by Gasteiger charge is -2.31. The van der Waals surface area contributed by atoms with Crippen LogP contribution >= 0.6 is 34.2 Å². The van der Waals surface area contributed by atoms with Crippen molar-refractivity contribution in [3.05, 3.63) is 62.7 Å². The van der Waals surface area contributed by atoms with Gasteiger partial charge in [-0.25, -0.2) is 0 Å². The molecule has 31 heavy (non-hydrogen) atoms. The summed E-state index contributed by atoms with van der Waals surface area (Å²) in [5.74, 6) is 0.247. The van der Waals surface area contributed by atoms with Crippen LogP contribution in [0.5, 0.6) is 5.75 Å². The van der Waals surface area contributed by atoms with Gasteiger partial charge in [-0.05, 0) is 84.3 Å². The molecule has 2 aromatic rings. The maximum atomic E-state index is 13.1. The van der Waals surface area contributed by atoms with Gasteiger partial charge in [0.15, 0.2) is 6.61 Å². The molecule has 1 aliphatic rings. The van der Waals surface area contributed by atoms with E-state index in [9.17, 15) is 9.59 Å². The number of rotatable bonds is 8. The number of carbonyl (C=O) groups excluding carboxylic acids is 2. The summed E-state index contributed by atoms with van der Waals surface area (Å²) in [5, 5.41) is 3.73. The summed E-state index contributed by atoms with van der Waals surface area (Å²) in [4.78, 5) is 27.6. The summed E-state index contributed by atoms with van der Waals surface area (Å²) in [5.41, 5.74) is 0.868. The first-order valence-electron chi connectivity index (χ1n) is 10.6. The van der Waals surface area contributed by atoms with Crippen molar-refractivity contribution in [1.29, 1.82) is 0 Å². The molecule has 1 atom stereocenters. The van der Waals surface area contributed by atoms with E-state index in [4.69, 9.17) is 16.3 Å². The fourth-order valence-electron chi connectivity index (χ4n) is 3.74. The minimum atomic E-state index is -0.617. The fraction of sp³-hybridized carbons (Fsp3) is 0.417. The number of halogens is 2. The third-order valence-electron chi connectivity index (χ3n) is 5.54. The minimum absolute atomic E-state index is 0.128. The van der Waals surface area contributed by atoms with Crippen molar-refractivity contribution in [3.63, 3.8) is 0 Å². The molecule has 1 fully saturated rings. The number of amides is 2. The molecular weight excluding hydrogens is 527 g/mol. The smallest absolute Gasteiger partial charge is 0.261 e. The van der Waals surface area contributed by atoms with Crippen LogP contribution in [-0.4, -0.2) is 35.4 Å². The Morgan fingerprint density at radius 3 is 2.55 bits per heavy atom. The number of hydrogen-bond acceptors (Lipinski definition) is 3. The number of hydrogen-bond donors (Lipinski definition) is 1. The van der Waals surface area contributed by atoms with E-state index in [1.54, 1.807) is 17.9 Å². The van der Waals surface area contributed by atoms with Crippen LogP contribution in [0.2, 0.25) is 5.02 Å². The number of nitrogens with one attached hydrogen (secondary N) is 1. The third-order valence-corrected chi connectivity index (χ3v) is 6.49. The molecule has 5 nitrogen and oxygen atoms in total. The summed E-state index contributed by atoms with van der Waals surface area (Å²) >= 11 is 8.34. The van der Waals surface area contributed by atoms with Crippen LogP contribution in [-0.2, 0) is 16.1 Å². The lowest BCUT2D eigenvalue weighted by Crippen LogP contribution is -2.51. The van der Waals surface area contributed by atoms with Gasteiger partial charge in [-0.3, -0.25) is 9.59 Å². The molecule has 0 saturated heterocycles. The van der Waals surface area contributed by atoms with Crippen molar-refractivity contribution in [2.24, 2.45) is 0 Å². The highest BCUT2D eigenvalue weighted by Crippen LogP contribution is 2.19. The lowest BCUT2D eigenvalue weighted by atomic mass is 9.95. The SMILES string of the molecule is CC(C(=O)NC1CCCCC1)N(Cc1cccc(Cl)c1)C(=O)COc1ccc(I)cc1. The van der Waals surface area contributed by atoms with Crippen LogP contribution in [0.4, 0.5) is 0 Å². The standard InChI is InChI=1S/C24H28ClIN2O3/c1-17(24(30)27-21-8-3-2-4-9-21)28(15-18-6-5-7-19(25)14-18)23(29)16-31-22-12-10-20(26)11-13-22/h5-7,10-14,17,21H,2-4,8-9,15-16H2,1H3,(H,27,30). The second kappa shape index (κ2) is 11.7. The van der Waals surface area contributed by atoms with Crippen molar-refractivity contribution in [3.8, 4) is 5.75 Å². The Morgan fingerprint density at radius 2 is 1.87 bits per heavy atom. The van der Waals surface area contributed by atoms with E-state index in [0.29, 0.717) is 10.8 Å². The maximum absolute atomic E-state index is 13.1. The topological polar surface area (TPSA) is 58.6 Å². The van der Waals surface area contributed by atoms with Gasteiger partial charge in [-0.15, -0.1) is 0 Å². The summed E-state index contributed by atoms with van der Waals surface area (Å²) in [6.07, 6.45) is 5.48. The Morgan fingerprint density at radius 1 is 1.16 bits per heavy atom. The molecule has 2 amide bonds. The summed E-state index contributed by atoms with van der Waals surface area (Å²) < 4.78 is 6.78. The molecule has 2 aromatic carbocycles. The average Bonchev–Trinajstić information content (AvgIpc) is 2.77. The van der Waals surface area contributed by atoms with Crippen molar-refractivity contribution < 1.29 is 14.3 Å². The largest absolute Gasteiger partial charge is 0.484 e. The van der Waals surface area contributed by atoms with E-state index < -0.39 is 6.04 Å². The van der Waals surface area contributed by atoms with Gasteiger partial charge < -0.3 is 15.0 Å². The summed E-state index contributed by atoms with van der Waals surface area (Å²) in [7, 11) is 0. The first kappa shape index (κ1) is 23.9. The second-order valence-corrected chi connectivity index (χ2v) is 9.60. The molecule has 0 heterocycles. The maximum Gasteiger partial charge on any atom is 0.261 e. The molecule has 1 aliphatic carbocycles. The average molecular weight is 555 g/mol. The van der Waals surface area contributed by atoms with Crippen LogP contribution in [0.3, 0.4) is 0 Å². The zero-order valence-corrected chi connectivity index (χ0v) is 20.6. The fourth-order valence-corrected chi connectivity index (χ4v) is 4.31. The predicted molar refractivity (Wildman–Crippen MR) is 131 cm³/mol. The van der Waals surface area contributed by atoms with Gasteiger partial charge in [0, 0.05) is 21.2 Å². The number of carbonyl (C=O) groups is 2. The Hall–Kier alpha value is -1.80. The molecule has 1 N–H and O–H groups in total. The highest BCUT2D eigenvalue weighted by Gasteiger charge is 2.28. The van der Waals surface area contributed by atoms with E-state index in [1.807, 2.05) is 42.5 Å². The minimum Gasteiger partial charge on any atom is -0.484 e. The van der Waals surface area contributed by atoms with Gasteiger partial charge in [0.1, 0.15) is 11.8 Å². The Balaban J connectivity index is 1.70. The van der Waals surface area contributed by atoms with Crippen LogP contribution < -0.4 is 10.1 Å². The van der Waals surface area contributed by atoms with Gasteiger partial charge in [0.25, 0.3) is 5.91 Å². The van der Waals surface area contributed by atoms with Crippen LogP contribution in [0, 0.1) is 3.57 Å². The normalized spacial score (nSPS) is 15.2. The van der Waals surface area contributed by atoms with E-state index in [0.717, 1.165) is 34.8 Å². The van der Waals surface area contributed by atoms with E-state index in [2.05, 4.69) is 27.9 Å². The monoisotopic (exact) mass is 554 g/mol. The molecule has 0 aromatic heterocycles. The van der Waals surface area contributed by atoms with Crippen molar-refractivity contribution in [2.45, 2.75) is 57.7 Å². The van der Waals surface area contributed by atoms with E-state index in [-0.39, 0.29) is 31.0 Å². The van der Waals surface area contributed by atoms with Gasteiger partial charge in [0.2, 0.25) is 5.91 Å². The van der Waals surface area contributed by atoms with E-state index >= 15 is 0 Å². The van der Waals surface area contributed by atoms with Crippen molar-refractivity contribution in [2.75, 3.05) is 6.61 Å². The molecule has 3 rings (SSSR count). The van der Waals surface area contributed by atoms with Crippen LogP contribution in [0.15, 0.2) is 48.5 Å². The number of nitrogens with zero attached hydrogens (tertiary/aromatic N) is 1. The summed E-state index contributed by atoms with van der Waals surface area (Å²) in [6.45, 7) is 1.92. The second-order valence-electron chi connectivity index (χ2n) is 7.91. The van der Waals surface area contributed by atoms with Gasteiger partial charge >= 0.3 is 0 Å². The molecular formula is C24H28ClIN2O3. The highest BCUT2D eigenvalue weighted by atomic mass is 127. The van der Waals surface area contributed by atoms with Crippen LogP contribution in [0.25, 0.3) is 0 Å². The first-order valence-corrected chi connectivity index (χ1v) is 12.1. The van der Waals surface area contributed by atoms with Crippen molar-refractivity contribution in [1.82, 2.24) is 10.2 Å². The zero-order valence-electron chi connectivity index (χ0n) is 17.7. The molecule has 0 radical (unpaired) electrons. The Labute approximate surface area is 202 Å². The van der Waals surface area contributed by atoms with Gasteiger partial charge in [0.05, 0.1) is 0 Å². The number of ether oxygens (including phenoxy) is 1. The molecule has 0 spiro atoms. The molecule has 7 heteroatoms. The third kappa shape index (κ3) is 7.38. The molecule has 1 saturated carbocycles. The van der Waals surface area contributed by atoms with Crippen LogP contribution in [0.1, 0.15) is 44.6 Å². The molecule has 0 aliphatic heterocycles. The number of benzene rings is 2. The Kier molecular flexibility index (Phi) is 9.02. The summed E-state index contributed by atoms with van der Waals surface area (Å²) in [6, 6.07) is 14.4. The molecule has 166 valence electrons. The zero-order chi connectivity index (χ0) is 22.2. The van der Waals surface area contributed by atoms with Gasteiger partial charge in [-0.2, -0.15) is 0 Å². The lowest BCUT2D eigenvalue weighted by molar-refractivity contribution is -0.142. The predicted octanol–water partition coefficient (Wildman–Crippen LogP) is 5.19. The molecule has 0 bridgehead atoms. The molecule has 1 unspecified atom stereocenters. The quantitative estimate of drug-likeness (QED) is 0.457. The van der Waals surface area contributed by atoms with Crippen molar-refractivity contribution >= 4 is 46.0 Å². The first-order chi connectivity index (χ1) is 14.9. The highest BCUT2D eigenvalue weighted by molar-refractivity contribution is 14.1. The Bertz CT molecular complexity index is 885. The van der Waals surface area contributed by atoms with Gasteiger partial charge in [-0.1, -0.05) is 43.0 Å². The van der Waals surface area contributed by atoms with E-state index in [1.165, 1.54) is 6.42 Å².